The summed E-state index contributed by atoms with van der Waals surface area (Å²) >= 11 is 0. The predicted octanol–water partition coefficient (Wildman–Crippen LogP) is -14.2. The van der Waals surface area contributed by atoms with E-state index in [-0.39, 0.29) is 131 Å². The van der Waals surface area contributed by atoms with Crippen LogP contribution in [0.5, 0.6) is 0 Å². The van der Waals surface area contributed by atoms with Gasteiger partial charge in [-0.05, 0) is 12.8 Å². The molecule has 0 aromatic carbocycles. The standard InChI is InChI=1S/C14H31O13P3.4Na/c1-3-5-7-28(18,8-6-4-2)25-13-10(16)9(15)12(26-29(19,20)21)11(17)14(13)27-30(22,23)24;;;;/h9-17H,3-8H2,1-2H3,(H2,19,20,21)(H2,22,23,24);;;;/q;4*+1/p-4/t9-,10+,11+,12-,13-,14-;;;;/m1..../s1. The van der Waals surface area contributed by atoms with Crippen molar-refractivity contribution in [3.8, 4) is 0 Å². The molecule has 0 radical (unpaired) electrons. The molecule has 1 aliphatic carbocycles. The van der Waals surface area contributed by atoms with E-state index in [9.17, 15) is 48.6 Å². The third-order valence-corrected chi connectivity index (χ3v) is 8.17. The topological polar surface area (TPSA) is 232 Å². The Balaban J connectivity index is -0.00000112. The number of phosphoric acid groups is 2. The molecule has 20 heteroatoms. The quantitative estimate of drug-likeness (QED) is 0.142. The molecule has 180 valence electrons. The molecule has 0 bridgehead atoms. The fourth-order valence-electron chi connectivity index (χ4n) is 3.07. The third-order valence-electron chi connectivity index (χ3n) is 4.54. The second kappa shape index (κ2) is 20.2. The molecule has 0 amide bonds. The van der Waals surface area contributed by atoms with E-state index in [0.29, 0.717) is 25.7 Å². The number of rotatable bonds is 12. The third kappa shape index (κ3) is 15.9. The maximum absolute atomic E-state index is 13.2. The zero-order valence-electron chi connectivity index (χ0n) is 20.5. The second-order valence-electron chi connectivity index (χ2n) is 7.05. The molecule has 0 heterocycles. The first-order valence-corrected chi connectivity index (χ1v) is 14.3. The van der Waals surface area contributed by atoms with Gasteiger partial charge in [-0.1, -0.05) is 26.7 Å². The molecule has 0 aromatic rings. The van der Waals surface area contributed by atoms with E-state index in [4.69, 9.17) is 4.52 Å². The average Bonchev–Trinajstić information content (AvgIpc) is 2.61. The summed E-state index contributed by atoms with van der Waals surface area (Å²) in [6.07, 6.45) is -11.2. The Bertz CT molecular complexity index is 682. The van der Waals surface area contributed by atoms with Crippen LogP contribution in [0.25, 0.3) is 0 Å². The van der Waals surface area contributed by atoms with Gasteiger partial charge in [0, 0.05) is 12.3 Å². The molecule has 1 aliphatic rings. The van der Waals surface area contributed by atoms with E-state index in [2.05, 4.69) is 9.05 Å². The van der Waals surface area contributed by atoms with Crippen molar-refractivity contribution in [1.29, 1.82) is 0 Å². The van der Waals surface area contributed by atoms with Gasteiger partial charge in [-0.25, -0.2) is 0 Å². The van der Waals surface area contributed by atoms with Crippen molar-refractivity contribution in [3.63, 3.8) is 0 Å². The zero-order valence-corrected chi connectivity index (χ0v) is 31.2. The Kier molecular flexibility index (Phi) is 26.9. The van der Waals surface area contributed by atoms with Crippen molar-refractivity contribution < 1.29 is 180 Å². The fourth-order valence-corrected chi connectivity index (χ4v) is 6.88. The van der Waals surface area contributed by atoms with E-state index >= 15 is 0 Å². The van der Waals surface area contributed by atoms with Crippen molar-refractivity contribution in [2.45, 2.75) is 76.2 Å². The molecule has 13 nitrogen and oxygen atoms in total. The first-order chi connectivity index (χ1) is 13.6. The van der Waals surface area contributed by atoms with Crippen molar-refractivity contribution in [2.75, 3.05) is 12.3 Å². The van der Waals surface area contributed by atoms with Gasteiger partial charge in [0.05, 0.1) is 15.6 Å². The summed E-state index contributed by atoms with van der Waals surface area (Å²) in [5, 5.41) is 30.7. The van der Waals surface area contributed by atoms with Gasteiger partial charge in [0.2, 0.25) is 7.37 Å². The van der Waals surface area contributed by atoms with Crippen molar-refractivity contribution >= 4 is 23.0 Å². The molecule has 3 N–H and O–H groups in total. The number of phosphoric ester groups is 2. The molecule has 0 saturated heterocycles. The Morgan fingerprint density at radius 1 is 0.618 bits per heavy atom. The smallest absolute Gasteiger partial charge is 0.790 e. The molecule has 1 saturated carbocycles. The van der Waals surface area contributed by atoms with Crippen LogP contribution in [0, 0.1) is 0 Å². The molecule has 0 spiro atoms. The molecular formula is C14H27Na4O13P3. The van der Waals surface area contributed by atoms with Gasteiger partial charge >= 0.3 is 118 Å². The van der Waals surface area contributed by atoms with Gasteiger partial charge in [0.1, 0.15) is 36.6 Å². The molecular weight excluding hydrogens is 561 g/mol. The molecule has 0 aliphatic heterocycles. The van der Waals surface area contributed by atoms with E-state index < -0.39 is 59.6 Å². The predicted molar refractivity (Wildman–Crippen MR) is 95.0 cm³/mol. The molecule has 6 atom stereocenters. The maximum Gasteiger partial charge on any atom is 1.00 e. The normalized spacial score (nSPS) is 27.4. The maximum atomic E-state index is 13.2. The van der Waals surface area contributed by atoms with Gasteiger partial charge in [-0.2, -0.15) is 0 Å². The van der Waals surface area contributed by atoms with Crippen LogP contribution in [-0.2, 0) is 27.3 Å². The number of aliphatic hydroxyl groups is 3. The summed E-state index contributed by atoms with van der Waals surface area (Å²) < 4.78 is 48.9. The van der Waals surface area contributed by atoms with Gasteiger partial charge in [0.25, 0.3) is 0 Å². The second-order valence-corrected chi connectivity index (χ2v) is 12.0. The summed E-state index contributed by atoms with van der Waals surface area (Å²) in [5.74, 6) is 0. The van der Waals surface area contributed by atoms with E-state index in [1.54, 1.807) is 0 Å². The molecule has 1 rings (SSSR count). The van der Waals surface area contributed by atoms with E-state index in [1.807, 2.05) is 13.8 Å². The summed E-state index contributed by atoms with van der Waals surface area (Å²) in [7, 11) is -15.2. The van der Waals surface area contributed by atoms with Crippen LogP contribution < -0.4 is 138 Å². The Morgan fingerprint density at radius 2 is 0.941 bits per heavy atom. The summed E-state index contributed by atoms with van der Waals surface area (Å²) in [5.41, 5.74) is 0. The first-order valence-electron chi connectivity index (χ1n) is 9.35. The van der Waals surface area contributed by atoms with Crippen LogP contribution in [0.15, 0.2) is 0 Å². The Morgan fingerprint density at radius 3 is 1.29 bits per heavy atom. The van der Waals surface area contributed by atoms with Crippen molar-refractivity contribution in [3.05, 3.63) is 0 Å². The molecule has 0 aromatic heterocycles. The van der Waals surface area contributed by atoms with Crippen LogP contribution in [0.3, 0.4) is 0 Å². The van der Waals surface area contributed by atoms with Crippen LogP contribution in [0.4, 0.5) is 0 Å². The van der Waals surface area contributed by atoms with E-state index in [1.165, 1.54) is 0 Å². The van der Waals surface area contributed by atoms with Gasteiger partial charge in [-0.15, -0.1) is 0 Å². The van der Waals surface area contributed by atoms with Gasteiger partial charge in [0.15, 0.2) is 0 Å². The summed E-state index contributed by atoms with van der Waals surface area (Å²) in [4.78, 5) is 44.0. The van der Waals surface area contributed by atoms with Gasteiger partial charge < -0.3 is 57.6 Å². The van der Waals surface area contributed by atoms with Crippen LogP contribution in [0.2, 0.25) is 0 Å². The summed E-state index contributed by atoms with van der Waals surface area (Å²) in [6, 6.07) is 0. The van der Waals surface area contributed by atoms with Gasteiger partial charge in [-0.3, -0.25) is 4.57 Å². The van der Waals surface area contributed by atoms with E-state index in [0.717, 1.165) is 0 Å². The minimum Gasteiger partial charge on any atom is -0.790 e. The fraction of sp³-hybridized carbons (Fsp3) is 1.00. The minimum absolute atomic E-state index is 0. The minimum atomic E-state index is -5.84. The van der Waals surface area contributed by atoms with Crippen molar-refractivity contribution in [2.24, 2.45) is 0 Å². The zero-order chi connectivity index (χ0) is 23.3. The summed E-state index contributed by atoms with van der Waals surface area (Å²) in [6.45, 7) is 3.63. The molecule has 0 unspecified atom stereocenters. The largest absolute Gasteiger partial charge is 1.00 e. The Hall–Kier alpha value is 4.29. The SMILES string of the molecule is CCCCP(=O)(CCCC)O[C@@H]1[C@@H](O)[C@@H](O)[C@@H](OP(=O)([O-])[O-])[C@H](O)[C@H]1OP(=O)([O-])[O-].[Na+].[Na+].[Na+].[Na+]. The number of hydrogen-bond donors (Lipinski definition) is 3. The molecule has 1 fully saturated rings. The van der Waals surface area contributed by atoms with Crippen LogP contribution in [0.1, 0.15) is 39.5 Å². The van der Waals surface area contributed by atoms with Crippen LogP contribution in [-0.4, -0.2) is 64.3 Å². The number of aliphatic hydroxyl groups excluding tert-OH is 3. The number of unbranched alkanes of at least 4 members (excludes halogenated alkanes) is 2. The Labute approximate surface area is 288 Å². The number of hydrogen-bond acceptors (Lipinski definition) is 13. The first kappa shape index (κ1) is 45.3. The van der Waals surface area contributed by atoms with Crippen molar-refractivity contribution in [1.82, 2.24) is 0 Å². The average molecular weight is 588 g/mol. The monoisotopic (exact) mass is 588 g/mol. The molecule has 34 heavy (non-hydrogen) atoms. The van der Waals surface area contributed by atoms with Crippen LogP contribution >= 0.6 is 23.0 Å².